The van der Waals surface area contributed by atoms with E-state index in [-0.39, 0.29) is 23.3 Å². The first-order valence-corrected chi connectivity index (χ1v) is 12.1. The Morgan fingerprint density at radius 2 is 2.19 bits per heavy atom. The molecule has 11 heteroatoms. The molecular formula is C21H18ClN5O3S2. The lowest BCUT2D eigenvalue weighted by Crippen LogP contribution is -2.29. The Hall–Kier alpha value is -2.53. The van der Waals surface area contributed by atoms with Gasteiger partial charge in [-0.25, -0.2) is 4.98 Å². The molecule has 1 amide bonds. The summed E-state index contributed by atoms with van der Waals surface area (Å²) in [6, 6.07) is 10.5. The number of nitrogens with zero attached hydrogens (tertiary/aromatic N) is 4. The second-order valence-electron chi connectivity index (χ2n) is 7.38. The van der Waals surface area contributed by atoms with Crippen LogP contribution in [0.25, 0.3) is 21.9 Å². The quantitative estimate of drug-likeness (QED) is 0.324. The van der Waals surface area contributed by atoms with Gasteiger partial charge in [0.15, 0.2) is 5.16 Å². The fourth-order valence-electron chi connectivity index (χ4n) is 3.66. The summed E-state index contributed by atoms with van der Waals surface area (Å²) in [5.41, 5.74) is 2.34. The number of carbonyl (C=O) groups is 1. The molecule has 0 aliphatic carbocycles. The maximum absolute atomic E-state index is 13.2. The highest BCUT2D eigenvalue weighted by atomic mass is 35.5. The third-order valence-corrected chi connectivity index (χ3v) is 6.94. The van der Waals surface area contributed by atoms with Crippen molar-refractivity contribution in [3.63, 3.8) is 0 Å². The predicted octanol–water partition coefficient (Wildman–Crippen LogP) is 3.96. The van der Waals surface area contributed by atoms with Crippen molar-refractivity contribution in [2.45, 2.75) is 30.6 Å². The molecule has 1 N–H and O–H groups in total. The summed E-state index contributed by atoms with van der Waals surface area (Å²) in [5.74, 6) is -0.141. The van der Waals surface area contributed by atoms with Crippen LogP contribution in [-0.4, -0.2) is 42.7 Å². The van der Waals surface area contributed by atoms with E-state index in [9.17, 15) is 9.59 Å². The van der Waals surface area contributed by atoms with Gasteiger partial charge in [0, 0.05) is 11.6 Å². The topological polar surface area (TPSA) is 99.0 Å². The highest BCUT2D eigenvalue weighted by Gasteiger charge is 2.21. The molecule has 0 saturated carbocycles. The largest absolute Gasteiger partial charge is 0.376 e. The number of rotatable bonds is 6. The molecule has 3 heterocycles. The molecule has 0 spiro atoms. The second-order valence-corrected chi connectivity index (χ2v) is 9.29. The van der Waals surface area contributed by atoms with E-state index < -0.39 is 0 Å². The molecule has 1 aliphatic rings. The number of halogens is 1. The first-order valence-electron chi connectivity index (χ1n) is 10.0. The first kappa shape index (κ1) is 21.3. The van der Waals surface area contributed by atoms with Crippen LogP contribution in [0.1, 0.15) is 12.8 Å². The number of carbonyl (C=O) groups excluding carboxylic acids is 1. The minimum Gasteiger partial charge on any atom is -0.376 e. The summed E-state index contributed by atoms with van der Waals surface area (Å²) < 4.78 is 15.8. The molecule has 1 atom stereocenters. The Bertz CT molecular complexity index is 1370. The number of anilines is 1. The minimum absolute atomic E-state index is 0.0396. The zero-order valence-corrected chi connectivity index (χ0v) is 19.2. The van der Waals surface area contributed by atoms with E-state index in [1.165, 1.54) is 11.8 Å². The summed E-state index contributed by atoms with van der Waals surface area (Å²) in [5, 5.41) is 4.33. The van der Waals surface area contributed by atoms with E-state index in [2.05, 4.69) is 19.0 Å². The van der Waals surface area contributed by atoms with Crippen LogP contribution in [0.2, 0.25) is 5.02 Å². The Balaban J connectivity index is 1.41. The molecule has 2 aromatic carbocycles. The number of fused-ring (bicyclic) bond motifs is 2. The van der Waals surface area contributed by atoms with Crippen LogP contribution in [0.3, 0.4) is 0 Å². The van der Waals surface area contributed by atoms with E-state index >= 15 is 0 Å². The van der Waals surface area contributed by atoms with Gasteiger partial charge in [0.05, 0.1) is 46.7 Å². The van der Waals surface area contributed by atoms with Crippen LogP contribution < -0.4 is 10.9 Å². The maximum Gasteiger partial charge on any atom is 0.262 e. The van der Waals surface area contributed by atoms with Crippen molar-refractivity contribution in [1.82, 2.24) is 18.3 Å². The first-order chi connectivity index (χ1) is 15.6. The maximum atomic E-state index is 13.2. The predicted molar refractivity (Wildman–Crippen MR) is 127 cm³/mol. The standard InChI is InChI=1S/C21H18ClN5O3S2/c22-12-6-7-14-17(9-12)24-21(27(20(14)29)10-13-3-2-8-30-13)31-11-18(28)23-15-4-1-5-16-19(15)26-32-25-16/h1,4-7,9,13H,2-3,8,10-11H2,(H,23,28). The van der Waals surface area contributed by atoms with Crippen molar-refractivity contribution >= 4 is 68.6 Å². The number of amides is 1. The number of thioether (sulfide) groups is 1. The highest BCUT2D eigenvalue weighted by Crippen LogP contribution is 2.24. The molecule has 1 saturated heterocycles. The van der Waals surface area contributed by atoms with Crippen LogP contribution in [0.15, 0.2) is 46.3 Å². The summed E-state index contributed by atoms with van der Waals surface area (Å²) in [4.78, 5) is 30.5. The Kier molecular flexibility index (Phi) is 6.09. The van der Waals surface area contributed by atoms with Gasteiger partial charge >= 0.3 is 0 Å². The van der Waals surface area contributed by atoms with Crippen LogP contribution in [0.5, 0.6) is 0 Å². The summed E-state index contributed by atoms with van der Waals surface area (Å²) in [7, 11) is 0. The Morgan fingerprint density at radius 1 is 1.28 bits per heavy atom. The van der Waals surface area contributed by atoms with Crippen LogP contribution in [-0.2, 0) is 16.1 Å². The molecule has 5 rings (SSSR count). The van der Waals surface area contributed by atoms with Gasteiger partial charge < -0.3 is 10.1 Å². The monoisotopic (exact) mass is 487 g/mol. The van der Waals surface area contributed by atoms with E-state index in [4.69, 9.17) is 16.3 Å². The normalized spacial score (nSPS) is 16.1. The third-order valence-electron chi connectivity index (χ3n) is 5.18. The van der Waals surface area contributed by atoms with Crippen molar-refractivity contribution in [1.29, 1.82) is 0 Å². The molecule has 32 heavy (non-hydrogen) atoms. The molecule has 8 nitrogen and oxygen atoms in total. The lowest BCUT2D eigenvalue weighted by atomic mass is 10.2. The van der Waals surface area contributed by atoms with Crippen molar-refractivity contribution in [3.05, 3.63) is 51.8 Å². The van der Waals surface area contributed by atoms with E-state index in [0.717, 1.165) is 30.1 Å². The van der Waals surface area contributed by atoms with Crippen LogP contribution >= 0.6 is 35.1 Å². The van der Waals surface area contributed by atoms with Crippen molar-refractivity contribution in [2.75, 3.05) is 17.7 Å². The zero-order chi connectivity index (χ0) is 22.1. The van der Waals surface area contributed by atoms with Gasteiger partial charge in [0.25, 0.3) is 5.56 Å². The van der Waals surface area contributed by atoms with Gasteiger partial charge in [-0.3, -0.25) is 14.2 Å². The zero-order valence-electron chi connectivity index (χ0n) is 16.8. The summed E-state index contributed by atoms with van der Waals surface area (Å²) in [6.45, 7) is 1.09. The van der Waals surface area contributed by atoms with Crippen molar-refractivity contribution in [2.24, 2.45) is 0 Å². The van der Waals surface area contributed by atoms with Crippen LogP contribution in [0, 0.1) is 0 Å². The van der Waals surface area contributed by atoms with Gasteiger partial charge in [-0.15, -0.1) is 0 Å². The molecular weight excluding hydrogens is 470 g/mol. The molecule has 0 radical (unpaired) electrons. The van der Waals surface area contributed by atoms with Gasteiger partial charge in [0.1, 0.15) is 11.0 Å². The number of aromatic nitrogens is 4. The van der Waals surface area contributed by atoms with Crippen LogP contribution in [0.4, 0.5) is 5.69 Å². The highest BCUT2D eigenvalue weighted by molar-refractivity contribution is 7.99. The molecule has 1 aliphatic heterocycles. The van der Waals surface area contributed by atoms with Gasteiger partial charge in [-0.05, 0) is 43.2 Å². The number of benzene rings is 2. The average Bonchev–Trinajstić information content (AvgIpc) is 3.47. The number of nitrogens with one attached hydrogen (secondary N) is 1. The number of ether oxygens (including phenoxy) is 1. The van der Waals surface area contributed by atoms with Crippen molar-refractivity contribution < 1.29 is 9.53 Å². The lowest BCUT2D eigenvalue weighted by Gasteiger charge is -2.16. The molecule has 2 aromatic heterocycles. The fourth-order valence-corrected chi connectivity index (χ4v) is 5.18. The smallest absolute Gasteiger partial charge is 0.262 e. The molecule has 1 fully saturated rings. The third kappa shape index (κ3) is 4.36. The Morgan fingerprint density at radius 3 is 3.03 bits per heavy atom. The molecule has 4 aromatic rings. The number of hydrogen-bond acceptors (Lipinski definition) is 8. The molecule has 1 unspecified atom stereocenters. The van der Waals surface area contributed by atoms with E-state index in [1.807, 2.05) is 12.1 Å². The van der Waals surface area contributed by atoms with E-state index in [0.29, 0.717) is 45.4 Å². The Labute approximate surface area is 196 Å². The molecule has 0 bridgehead atoms. The van der Waals surface area contributed by atoms with Crippen molar-refractivity contribution in [3.8, 4) is 0 Å². The number of hydrogen-bond donors (Lipinski definition) is 1. The average molecular weight is 488 g/mol. The minimum atomic E-state index is -0.223. The summed E-state index contributed by atoms with van der Waals surface area (Å²) >= 11 is 8.41. The molecule has 164 valence electrons. The van der Waals surface area contributed by atoms with E-state index in [1.54, 1.807) is 28.8 Å². The summed E-state index contributed by atoms with van der Waals surface area (Å²) in [6.07, 6.45) is 1.82. The second kappa shape index (κ2) is 9.14. The van der Waals surface area contributed by atoms with Gasteiger partial charge in [-0.2, -0.15) is 8.75 Å². The van der Waals surface area contributed by atoms with Gasteiger partial charge in [-0.1, -0.05) is 29.4 Å². The SMILES string of the molecule is O=C(CSc1nc2cc(Cl)ccc2c(=O)n1CC1CCCO1)Nc1cccc2nsnc12. The fraction of sp³-hybridized carbons (Fsp3) is 0.286. The van der Waals surface area contributed by atoms with Gasteiger partial charge in [0.2, 0.25) is 5.91 Å². The lowest BCUT2D eigenvalue weighted by molar-refractivity contribution is -0.113.